The molecule has 0 aliphatic carbocycles. The molecule has 3 nitrogen and oxygen atoms in total. The van der Waals surface area contributed by atoms with Gasteiger partial charge in [-0.15, -0.1) is 0 Å². The summed E-state index contributed by atoms with van der Waals surface area (Å²) in [4.78, 5) is 0.309. The number of rotatable bonds is 3. The van der Waals surface area contributed by atoms with Crippen LogP contribution in [-0.4, -0.2) is 25.3 Å². The first-order valence-corrected chi connectivity index (χ1v) is 9.05. The molecule has 106 valence electrons. The van der Waals surface area contributed by atoms with E-state index in [0.29, 0.717) is 20.9 Å². The molecule has 1 aromatic carbocycles. The van der Waals surface area contributed by atoms with Crippen LogP contribution in [0.4, 0.5) is 0 Å². The summed E-state index contributed by atoms with van der Waals surface area (Å²) in [6.45, 7) is 2.65. The second-order valence-electron chi connectivity index (χ2n) is 4.75. The van der Waals surface area contributed by atoms with E-state index in [1.807, 2.05) is 6.92 Å². The molecule has 1 fully saturated rings. The highest BCUT2D eigenvalue weighted by Crippen LogP contribution is 2.30. The average molecular weight is 367 g/mol. The molecular formula is C13H17BrClNO2S. The fourth-order valence-electron chi connectivity index (χ4n) is 2.47. The minimum absolute atomic E-state index is 0.119. The van der Waals surface area contributed by atoms with Gasteiger partial charge in [0.1, 0.15) is 0 Å². The Hall–Kier alpha value is -0.100. The number of hydrogen-bond acceptors (Lipinski definition) is 2. The van der Waals surface area contributed by atoms with Gasteiger partial charge in [-0.2, -0.15) is 4.31 Å². The predicted octanol–water partition coefficient (Wildman–Crippen LogP) is 4.06. The zero-order valence-corrected chi connectivity index (χ0v) is 13.9. The molecule has 0 spiro atoms. The van der Waals surface area contributed by atoms with E-state index in [4.69, 9.17) is 11.6 Å². The highest BCUT2D eigenvalue weighted by atomic mass is 79.9. The van der Waals surface area contributed by atoms with Crippen LogP contribution in [-0.2, 0) is 10.0 Å². The van der Waals surface area contributed by atoms with Crippen LogP contribution in [0.15, 0.2) is 27.6 Å². The molecular weight excluding hydrogens is 350 g/mol. The van der Waals surface area contributed by atoms with E-state index in [1.165, 1.54) is 0 Å². The maximum atomic E-state index is 12.7. The Labute approximate surface area is 128 Å². The molecule has 19 heavy (non-hydrogen) atoms. The smallest absolute Gasteiger partial charge is 0.207 e. The number of benzene rings is 1. The quantitative estimate of drug-likeness (QED) is 0.809. The van der Waals surface area contributed by atoms with Crippen LogP contribution in [0, 0.1) is 0 Å². The molecule has 0 radical (unpaired) electrons. The van der Waals surface area contributed by atoms with Crippen LogP contribution in [0.2, 0.25) is 5.02 Å². The first-order valence-electron chi connectivity index (χ1n) is 6.43. The lowest BCUT2D eigenvalue weighted by Crippen LogP contribution is -2.43. The Kier molecular flexibility index (Phi) is 4.93. The van der Waals surface area contributed by atoms with Crippen molar-refractivity contribution in [2.45, 2.75) is 43.5 Å². The molecule has 1 aliphatic rings. The van der Waals surface area contributed by atoms with Crippen molar-refractivity contribution in [1.29, 1.82) is 0 Å². The van der Waals surface area contributed by atoms with E-state index in [1.54, 1.807) is 22.5 Å². The van der Waals surface area contributed by atoms with E-state index in [2.05, 4.69) is 15.9 Å². The average Bonchev–Trinajstić information content (AvgIpc) is 2.41. The largest absolute Gasteiger partial charge is 0.243 e. The van der Waals surface area contributed by atoms with Crippen LogP contribution in [0.1, 0.15) is 32.6 Å². The van der Waals surface area contributed by atoms with Gasteiger partial charge in [0.2, 0.25) is 10.0 Å². The molecule has 1 aromatic rings. The zero-order valence-electron chi connectivity index (χ0n) is 10.8. The predicted molar refractivity (Wildman–Crippen MR) is 81.0 cm³/mol. The molecule has 1 heterocycles. The van der Waals surface area contributed by atoms with E-state index in [0.717, 1.165) is 25.7 Å². The van der Waals surface area contributed by atoms with Gasteiger partial charge in [0.15, 0.2) is 0 Å². The van der Waals surface area contributed by atoms with Gasteiger partial charge in [0, 0.05) is 17.1 Å². The summed E-state index contributed by atoms with van der Waals surface area (Å²) < 4.78 is 27.6. The third kappa shape index (κ3) is 3.15. The summed E-state index contributed by atoms with van der Waals surface area (Å²) >= 11 is 9.20. The fourth-order valence-corrected chi connectivity index (χ4v) is 4.91. The molecule has 6 heteroatoms. The molecule has 0 bridgehead atoms. The van der Waals surface area contributed by atoms with Crippen molar-refractivity contribution in [3.63, 3.8) is 0 Å². The molecule has 2 rings (SSSR count). The number of sulfonamides is 1. The maximum Gasteiger partial charge on any atom is 0.243 e. The Morgan fingerprint density at radius 3 is 2.79 bits per heavy atom. The standard InChI is InChI=1S/C13H17BrClNO2S/c1-2-10-5-3-4-8-16(10)19(17,18)11-6-7-13(15)12(14)9-11/h6-7,9-10H,2-5,8H2,1H3. The molecule has 1 saturated heterocycles. The lowest BCUT2D eigenvalue weighted by Gasteiger charge is -2.34. The second kappa shape index (κ2) is 6.12. The first-order chi connectivity index (χ1) is 8.96. The van der Waals surface area contributed by atoms with Crippen LogP contribution in [0.25, 0.3) is 0 Å². The van der Waals surface area contributed by atoms with Gasteiger partial charge in [0.25, 0.3) is 0 Å². The van der Waals surface area contributed by atoms with Crippen molar-refractivity contribution in [3.05, 3.63) is 27.7 Å². The normalized spacial score (nSPS) is 21.5. The van der Waals surface area contributed by atoms with Crippen LogP contribution >= 0.6 is 27.5 Å². The molecule has 0 amide bonds. The van der Waals surface area contributed by atoms with Gasteiger partial charge in [-0.25, -0.2) is 8.42 Å². The SMILES string of the molecule is CCC1CCCCN1S(=O)(=O)c1ccc(Cl)c(Br)c1. The summed E-state index contributed by atoms with van der Waals surface area (Å²) in [5, 5.41) is 0.518. The van der Waals surface area contributed by atoms with Crippen molar-refractivity contribution in [3.8, 4) is 0 Å². The third-order valence-corrected chi connectivity index (χ3v) is 6.70. The van der Waals surface area contributed by atoms with Crippen molar-refractivity contribution in [2.24, 2.45) is 0 Å². The molecule has 1 aliphatic heterocycles. The first kappa shape index (κ1) is 15.3. The number of piperidine rings is 1. The van der Waals surface area contributed by atoms with Crippen molar-refractivity contribution in [2.75, 3.05) is 6.54 Å². The molecule has 1 atom stereocenters. The monoisotopic (exact) mass is 365 g/mol. The van der Waals surface area contributed by atoms with Crippen molar-refractivity contribution in [1.82, 2.24) is 4.31 Å². The molecule has 0 N–H and O–H groups in total. The van der Waals surface area contributed by atoms with E-state index in [-0.39, 0.29) is 6.04 Å². The van der Waals surface area contributed by atoms with Crippen LogP contribution in [0.3, 0.4) is 0 Å². The molecule has 0 saturated carbocycles. The van der Waals surface area contributed by atoms with Gasteiger partial charge in [-0.3, -0.25) is 0 Å². The van der Waals surface area contributed by atoms with Gasteiger partial charge in [0.05, 0.1) is 9.92 Å². The summed E-state index contributed by atoms with van der Waals surface area (Å²) in [6, 6.07) is 4.89. The van der Waals surface area contributed by atoms with E-state index in [9.17, 15) is 8.42 Å². The van der Waals surface area contributed by atoms with Crippen LogP contribution < -0.4 is 0 Å². The third-order valence-electron chi connectivity index (χ3n) is 3.54. The van der Waals surface area contributed by atoms with Gasteiger partial charge < -0.3 is 0 Å². The highest BCUT2D eigenvalue weighted by Gasteiger charge is 2.32. The minimum Gasteiger partial charge on any atom is -0.207 e. The molecule has 1 unspecified atom stereocenters. The Morgan fingerprint density at radius 2 is 2.16 bits per heavy atom. The lowest BCUT2D eigenvalue weighted by atomic mass is 10.0. The van der Waals surface area contributed by atoms with Crippen LogP contribution in [0.5, 0.6) is 0 Å². The summed E-state index contributed by atoms with van der Waals surface area (Å²) in [5.41, 5.74) is 0. The summed E-state index contributed by atoms with van der Waals surface area (Å²) in [7, 11) is -3.42. The van der Waals surface area contributed by atoms with E-state index < -0.39 is 10.0 Å². The second-order valence-corrected chi connectivity index (χ2v) is 7.90. The zero-order chi connectivity index (χ0) is 14.0. The van der Waals surface area contributed by atoms with E-state index >= 15 is 0 Å². The van der Waals surface area contributed by atoms with Gasteiger partial charge >= 0.3 is 0 Å². The lowest BCUT2D eigenvalue weighted by molar-refractivity contribution is 0.246. The Balaban J connectivity index is 2.37. The minimum atomic E-state index is -3.42. The van der Waals surface area contributed by atoms with Crippen molar-refractivity contribution < 1.29 is 8.42 Å². The Bertz CT molecular complexity index is 562. The summed E-state index contributed by atoms with van der Waals surface area (Å²) in [5.74, 6) is 0. The highest BCUT2D eigenvalue weighted by molar-refractivity contribution is 9.10. The fraction of sp³-hybridized carbons (Fsp3) is 0.538. The number of hydrogen-bond donors (Lipinski definition) is 0. The van der Waals surface area contributed by atoms with Crippen molar-refractivity contribution >= 4 is 37.6 Å². The van der Waals surface area contributed by atoms with Gasteiger partial charge in [-0.05, 0) is 53.4 Å². The number of halogens is 2. The topological polar surface area (TPSA) is 37.4 Å². The Morgan fingerprint density at radius 1 is 1.42 bits per heavy atom. The maximum absolute atomic E-state index is 12.7. The number of nitrogens with zero attached hydrogens (tertiary/aromatic N) is 1. The molecule has 0 aromatic heterocycles. The van der Waals surface area contributed by atoms with Gasteiger partial charge in [-0.1, -0.05) is 24.9 Å². The summed E-state index contributed by atoms with van der Waals surface area (Å²) in [6.07, 6.45) is 3.85.